The lowest BCUT2D eigenvalue weighted by Gasteiger charge is -2.44. The molecule has 0 spiro atoms. The third-order valence-corrected chi connectivity index (χ3v) is 4.79. The molecule has 2 aromatic rings. The molecule has 1 aliphatic heterocycles. The number of carbonyl (C=O) groups is 2. The Bertz CT molecular complexity index is 798. The number of hydrogen-bond donors (Lipinski definition) is 1. The monoisotopic (exact) mass is 332 g/mol. The van der Waals surface area contributed by atoms with Crippen molar-refractivity contribution in [3.8, 4) is 0 Å². The van der Waals surface area contributed by atoms with Gasteiger partial charge in [-0.15, -0.1) is 11.3 Å². The molecule has 0 radical (unpaired) electrons. The van der Waals surface area contributed by atoms with Gasteiger partial charge in [0, 0.05) is 6.54 Å². The first-order chi connectivity index (χ1) is 10.8. The van der Waals surface area contributed by atoms with E-state index in [1.165, 1.54) is 17.4 Å². The van der Waals surface area contributed by atoms with Crippen LogP contribution in [0.1, 0.15) is 29.1 Å². The maximum atomic E-state index is 13.8. The van der Waals surface area contributed by atoms with Crippen LogP contribution < -0.4 is 10.2 Å². The molecule has 0 saturated carbocycles. The summed E-state index contributed by atoms with van der Waals surface area (Å²) >= 11 is 1.24. The molecule has 23 heavy (non-hydrogen) atoms. The second kappa shape index (κ2) is 5.45. The van der Waals surface area contributed by atoms with E-state index in [4.69, 9.17) is 0 Å². The van der Waals surface area contributed by atoms with Crippen molar-refractivity contribution in [2.45, 2.75) is 20.8 Å². The van der Waals surface area contributed by atoms with Crippen molar-refractivity contribution < 1.29 is 14.0 Å². The summed E-state index contributed by atoms with van der Waals surface area (Å²) in [6.45, 7) is 6.15. The van der Waals surface area contributed by atoms with Crippen LogP contribution in [0.3, 0.4) is 0 Å². The van der Waals surface area contributed by atoms with Gasteiger partial charge in [0.05, 0.1) is 16.8 Å². The largest absolute Gasteiger partial charge is 0.319 e. The number of aryl methyl sites for hydroxylation is 1. The molecule has 120 valence electrons. The van der Waals surface area contributed by atoms with Gasteiger partial charge < -0.3 is 10.2 Å². The molecule has 1 fully saturated rings. The smallest absolute Gasteiger partial charge is 0.267 e. The molecule has 1 aliphatic rings. The van der Waals surface area contributed by atoms with Crippen LogP contribution in [0.15, 0.2) is 29.6 Å². The SMILES string of the molecule is Cc1ccc(F)c(NC(=O)c2sccc2N2CC(C)(C)C2=O)c1. The molecule has 0 atom stereocenters. The van der Waals surface area contributed by atoms with Crippen LogP contribution in [0.25, 0.3) is 0 Å². The molecule has 1 aromatic carbocycles. The van der Waals surface area contributed by atoms with E-state index < -0.39 is 17.1 Å². The highest BCUT2D eigenvalue weighted by Gasteiger charge is 2.46. The van der Waals surface area contributed by atoms with Crippen LogP contribution in [0, 0.1) is 18.2 Å². The van der Waals surface area contributed by atoms with Gasteiger partial charge >= 0.3 is 0 Å². The van der Waals surface area contributed by atoms with Gasteiger partial charge in [-0.25, -0.2) is 4.39 Å². The van der Waals surface area contributed by atoms with Crippen molar-refractivity contribution >= 4 is 34.5 Å². The maximum Gasteiger partial charge on any atom is 0.267 e. The second-order valence-corrected chi connectivity index (χ2v) is 7.26. The van der Waals surface area contributed by atoms with Crippen molar-refractivity contribution in [1.82, 2.24) is 0 Å². The number of benzene rings is 1. The number of β-lactam (4-membered cyclic amide) rings is 1. The Labute approximate surface area is 137 Å². The quantitative estimate of drug-likeness (QED) is 0.869. The minimum Gasteiger partial charge on any atom is -0.319 e. The van der Waals surface area contributed by atoms with Gasteiger partial charge in [0.1, 0.15) is 10.7 Å². The summed E-state index contributed by atoms with van der Waals surface area (Å²) in [5.74, 6) is -0.896. The highest BCUT2D eigenvalue weighted by atomic mass is 32.1. The Balaban J connectivity index is 1.83. The van der Waals surface area contributed by atoms with Crippen LogP contribution in [0.4, 0.5) is 15.8 Å². The molecule has 1 N–H and O–H groups in total. The molecule has 0 aliphatic carbocycles. The van der Waals surface area contributed by atoms with Gasteiger partial charge in [0.25, 0.3) is 5.91 Å². The average Bonchev–Trinajstić information content (AvgIpc) is 2.97. The van der Waals surface area contributed by atoms with Crippen molar-refractivity contribution in [3.63, 3.8) is 0 Å². The molecule has 2 heterocycles. The first-order valence-electron chi connectivity index (χ1n) is 7.26. The van der Waals surface area contributed by atoms with Crippen molar-refractivity contribution in [3.05, 3.63) is 45.9 Å². The summed E-state index contributed by atoms with van der Waals surface area (Å²) in [7, 11) is 0. The van der Waals surface area contributed by atoms with Crippen LogP contribution in [-0.2, 0) is 4.79 Å². The lowest BCUT2D eigenvalue weighted by molar-refractivity contribution is -0.132. The van der Waals surface area contributed by atoms with Gasteiger partial charge in [-0.2, -0.15) is 0 Å². The Morgan fingerprint density at radius 1 is 1.35 bits per heavy atom. The standard InChI is InChI=1S/C17H17FN2O2S/c1-10-4-5-11(18)12(8-10)19-15(21)14-13(6-7-23-14)20-9-17(2,3)16(20)22/h4-8H,9H2,1-3H3,(H,19,21). The molecule has 0 bridgehead atoms. The first kappa shape index (κ1) is 15.7. The van der Waals surface area contributed by atoms with Crippen LogP contribution in [0.5, 0.6) is 0 Å². The normalized spacial score (nSPS) is 16.2. The Morgan fingerprint density at radius 3 is 2.74 bits per heavy atom. The highest BCUT2D eigenvalue weighted by Crippen LogP contribution is 2.38. The number of thiophene rings is 1. The van der Waals surface area contributed by atoms with Crippen LogP contribution in [0.2, 0.25) is 0 Å². The Morgan fingerprint density at radius 2 is 2.09 bits per heavy atom. The number of nitrogens with one attached hydrogen (secondary N) is 1. The number of halogens is 1. The highest BCUT2D eigenvalue weighted by molar-refractivity contribution is 7.12. The topological polar surface area (TPSA) is 49.4 Å². The molecule has 0 unspecified atom stereocenters. The molecule has 1 saturated heterocycles. The molecule has 2 amide bonds. The fourth-order valence-electron chi connectivity index (χ4n) is 2.60. The summed E-state index contributed by atoms with van der Waals surface area (Å²) in [6, 6.07) is 6.29. The van der Waals surface area contributed by atoms with Gasteiger partial charge in [-0.1, -0.05) is 6.07 Å². The zero-order chi connectivity index (χ0) is 16.8. The fraction of sp³-hybridized carbons (Fsp3) is 0.294. The van der Waals surface area contributed by atoms with E-state index in [1.807, 2.05) is 20.8 Å². The van der Waals surface area contributed by atoms with Crippen LogP contribution >= 0.6 is 11.3 Å². The molecular weight excluding hydrogens is 315 g/mol. The summed E-state index contributed by atoms with van der Waals surface area (Å²) in [5, 5.41) is 4.35. The molecular formula is C17H17FN2O2S. The zero-order valence-electron chi connectivity index (χ0n) is 13.1. The Kier molecular flexibility index (Phi) is 3.72. The molecule has 3 rings (SSSR count). The van der Waals surface area contributed by atoms with E-state index in [9.17, 15) is 14.0 Å². The van der Waals surface area contributed by atoms with Crippen molar-refractivity contribution in [1.29, 1.82) is 0 Å². The number of amides is 2. The number of anilines is 2. The average molecular weight is 332 g/mol. The van der Waals surface area contributed by atoms with Gasteiger partial charge in [0.15, 0.2) is 0 Å². The zero-order valence-corrected chi connectivity index (χ0v) is 14.0. The van der Waals surface area contributed by atoms with E-state index in [2.05, 4.69) is 5.32 Å². The Hall–Kier alpha value is -2.21. The van der Waals surface area contributed by atoms with Gasteiger partial charge in [-0.3, -0.25) is 9.59 Å². The number of nitrogens with zero attached hydrogens (tertiary/aromatic N) is 1. The fourth-order valence-corrected chi connectivity index (χ4v) is 3.39. The predicted molar refractivity (Wildman–Crippen MR) is 89.5 cm³/mol. The van der Waals surface area contributed by atoms with E-state index in [1.54, 1.807) is 28.5 Å². The van der Waals surface area contributed by atoms with E-state index in [0.717, 1.165) is 5.56 Å². The third kappa shape index (κ3) is 2.74. The second-order valence-electron chi connectivity index (χ2n) is 6.35. The van der Waals surface area contributed by atoms with Crippen molar-refractivity contribution in [2.75, 3.05) is 16.8 Å². The van der Waals surface area contributed by atoms with E-state index in [-0.39, 0.29) is 11.6 Å². The van der Waals surface area contributed by atoms with Gasteiger partial charge in [0.2, 0.25) is 5.91 Å². The maximum absolute atomic E-state index is 13.8. The summed E-state index contributed by atoms with van der Waals surface area (Å²) in [6.07, 6.45) is 0. The first-order valence-corrected chi connectivity index (χ1v) is 8.14. The van der Waals surface area contributed by atoms with E-state index in [0.29, 0.717) is 17.1 Å². The third-order valence-electron chi connectivity index (χ3n) is 3.89. The van der Waals surface area contributed by atoms with Crippen molar-refractivity contribution in [2.24, 2.45) is 5.41 Å². The minimum absolute atomic E-state index is 0.00770. The summed E-state index contributed by atoms with van der Waals surface area (Å²) in [5.41, 5.74) is 1.19. The number of rotatable bonds is 3. The molecule has 6 heteroatoms. The number of hydrogen-bond acceptors (Lipinski definition) is 3. The van der Waals surface area contributed by atoms with Crippen LogP contribution in [-0.4, -0.2) is 18.4 Å². The number of carbonyl (C=O) groups excluding carboxylic acids is 2. The lowest BCUT2D eigenvalue weighted by Crippen LogP contribution is -2.59. The van der Waals surface area contributed by atoms with Gasteiger partial charge in [-0.05, 0) is 49.9 Å². The molecule has 1 aromatic heterocycles. The minimum atomic E-state index is -0.483. The summed E-state index contributed by atoms with van der Waals surface area (Å²) in [4.78, 5) is 26.6. The van der Waals surface area contributed by atoms with E-state index >= 15 is 0 Å². The predicted octanol–water partition coefficient (Wildman–Crippen LogP) is 3.82. The molecule has 4 nitrogen and oxygen atoms in total. The summed E-state index contributed by atoms with van der Waals surface area (Å²) < 4.78 is 13.8. The lowest BCUT2D eigenvalue weighted by atomic mass is 9.83.